The minimum atomic E-state index is -0.828. The second kappa shape index (κ2) is 4.97. The maximum atomic E-state index is 11.2. The molecule has 17 heavy (non-hydrogen) atoms. The average Bonchev–Trinajstić information content (AvgIpc) is 2.78. The molecule has 5 nitrogen and oxygen atoms in total. The lowest BCUT2D eigenvalue weighted by atomic mass is 9.86. The first-order chi connectivity index (χ1) is 8.26. The molecule has 90 valence electrons. The zero-order valence-corrected chi connectivity index (χ0v) is 9.21. The Morgan fingerprint density at radius 1 is 1.53 bits per heavy atom. The standard InChI is InChI=1S/C12H14N2O3/c13-17-12(16)9(7-15)5-8-6-14-11-4-2-1-3-10(8)11/h1-4,6-7,9-11,14H,5,13H2. The summed E-state index contributed by atoms with van der Waals surface area (Å²) in [4.78, 5) is 26.1. The largest absolute Gasteiger partial charge is 0.384 e. The maximum absolute atomic E-state index is 11.2. The van der Waals surface area contributed by atoms with E-state index >= 15 is 0 Å². The number of carbonyl (C=O) groups excluding carboxylic acids is 2. The van der Waals surface area contributed by atoms with Crippen molar-refractivity contribution in [2.45, 2.75) is 12.5 Å². The zero-order chi connectivity index (χ0) is 12.3. The number of fused-ring (bicyclic) bond motifs is 1. The van der Waals surface area contributed by atoms with Crippen LogP contribution in [-0.4, -0.2) is 18.3 Å². The first-order valence-electron chi connectivity index (χ1n) is 5.42. The summed E-state index contributed by atoms with van der Waals surface area (Å²) in [6.07, 6.45) is 10.8. The van der Waals surface area contributed by atoms with Gasteiger partial charge in [0.05, 0.1) is 6.04 Å². The summed E-state index contributed by atoms with van der Waals surface area (Å²) in [6.45, 7) is 0. The van der Waals surface area contributed by atoms with Gasteiger partial charge in [-0.25, -0.2) is 4.79 Å². The fourth-order valence-electron chi connectivity index (χ4n) is 2.14. The molecule has 0 bridgehead atoms. The number of allylic oxidation sites excluding steroid dienone is 2. The quantitative estimate of drug-likeness (QED) is 0.413. The minimum Gasteiger partial charge on any atom is -0.384 e. The molecule has 3 unspecified atom stereocenters. The topological polar surface area (TPSA) is 81.4 Å². The van der Waals surface area contributed by atoms with Gasteiger partial charge >= 0.3 is 5.97 Å². The molecule has 0 aromatic rings. The number of nitrogens with two attached hydrogens (primary N) is 1. The molecule has 1 aliphatic heterocycles. The third-order valence-corrected chi connectivity index (χ3v) is 3.06. The first-order valence-corrected chi connectivity index (χ1v) is 5.42. The van der Waals surface area contributed by atoms with Crippen molar-refractivity contribution < 1.29 is 14.4 Å². The Balaban J connectivity index is 2.04. The van der Waals surface area contributed by atoms with Gasteiger partial charge in [0.2, 0.25) is 0 Å². The highest BCUT2D eigenvalue weighted by atomic mass is 16.7. The third kappa shape index (κ3) is 2.29. The van der Waals surface area contributed by atoms with Crippen molar-refractivity contribution >= 4 is 12.3 Å². The van der Waals surface area contributed by atoms with Crippen LogP contribution in [0.2, 0.25) is 0 Å². The number of rotatable bonds is 4. The molecule has 3 atom stereocenters. The summed E-state index contributed by atoms with van der Waals surface area (Å²) < 4.78 is 0. The fourth-order valence-corrected chi connectivity index (χ4v) is 2.14. The predicted octanol–water partition coefficient (Wildman–Crippen LogP) is 0.206. The summed E-state index contributed by atoms with van der Waals surface area (Å²) in [5.74, 6) is 3.47. The van der Waals surface area contributed by atoms with Crippen molar-refractivity contribution in [1.82, 2.24) is 5.32 Å². The van der Waals surface area contributed by atoms with E-state index in [0.717, 1.165) is 5.57 Å². The molecule has 0 aromatic carbocycles. The first kappa shape index (κ1) is 11.6. The monoisotopic (exact) mass is 234 g/mol. The van der Waals surface area contributed by atoms with Crippen LogP contribution in [0, 0.1) is 11.8 Å². The second-order valence-electron chi connectivity index (χ2n) is 4.09. The van der Waals surface area contributed by atoms with Crippen molar-refractivity contribution in [1.29, 1.82) is 0 Å². The molecule has 0 spiro atoms. The van der Waals surface area contributed by atoms with E-state index in [1.807, 2.05) is 30.5 Å². The van der Waals surface area contributed by atoms with E-state index in [1.165, 1.54) is 0 Å². The van der Waals surface area contributed by atoms with Gasteiger partial charge in [-0.05, 0) is 18.2 Å². The van der Waals surface area contributed by atoms with Crippen LogP contribution in [0.25, 0.3) is 0 Å². The van der Waals surface area contributed by atoms with Crippen LogP contribution in [0.4, 0.5) is 0 Å². The number of nitrogens with one attached hydrogen (secondary N) is 1. The smallest absolute Gasteiger partial charge is 0.334 e. The Morgan fingerprint density at radius 2 is 2.29 bits per heavy atom. The van der Waals surface area contributed by atoms with Gasteiger partial charge in [0.1, 0.15) is 12.2 Å². The van der Waals surface area contributed by atoms with Crippen molar-refractivity contribution in [2.24, 2.45) is 17.7 Å². The Morgan fingerprint density at radius 3 is 3.00 bits per heavy atom. The van der Waals surface area contributed by atoms with E-state index in [0.29, 0.717) is 12.7 Å². The summed E-state index contributed by atoms with van der Waals surface area (Å²) in [5.41, 5.74) is 1.01. The Hall–Kier alpha value is -1.88. The second-order valence-corrected chi connectivity index (χ2v) is 4.09. The molecule has 0 saturated carbocycles. The minimum absolute atomic E-state index is 0.202. The van der Waals surface area contributed by atoms with E-state index in [4.69, 9.17) is 5.90 Å². The van der Waals surface area contributed by atoms with Crippen molar-refractivity contribution in [3.8, 4) is 0 Å². The van der Waals surface area contributed by atoms with Crippen molar-refractivity contribution in [3.05, 3.63) is 36.1 Å². The van der Waals surface area contributed by atoms with Crippen LogP contribution in [0.3, 0.4) is 0 Å². The molecule has 5 heteroatoms. The van der Waals surface area contributed by atoms with Gasteiger partial charge in [-0.2, -0.15) is 5.90 Å². The van der Waals surface area contributed by atoms with Crippen LogP contribution in [-0.2, 0) is 14.4 Å². The molecule has 2 rings (SSSR count). The van der Waals surface area contributed by atoms with Gasteiger partial charge in [-0.3, -0.25) is 0 Å². The fraction of sp³-hybridized carbons (Fsp3) is 0.333. The summed E-state index contributed by atoms with van der Waals surface area (Å²) in [6, 6.07) is 0.219. The molecule has 0 radical (unpaired) electrons. The molecular formula is C12H14N2O3. The SMILES string of the molecule is NOC(=O)C(C=O)CC1=CNC2C=CC=CC12. The maximum Gasteiger partial charge on any atom is 0.334 e. The van der Waals surface area contributed by atoms with Crippen molar-refractivity contribution in [3.63, 3.8) is 0 Å². The zero-order valence-electron chi connectivity index (χ0n) is 9.21. The van der Waals surface area contributed by atoms with E-state index in [1.54, 1.807) is 0 Å². The summed E-state index contributed by atoms with van der Waals surface area (Å²) in [5, 5.41) is 3.20. The highest BCUT2D eigenvalue weighted by molar-refractivity contribution is 5.87. The van der Waals surface area contributed by atoms with Crippen LogP contribution < -0.4 is 11.2 Å². The lowest BCUT2D eigenvalue weighted by molar-refractivity contribution is -0.150. The number of hydrogen-bond acceptors (Lipinski definition) is 5. The van der Waals surface area contributed by atoms with Crippen LogP contribution in [0.15, 0.2) is 36.1 Å². The van der Waals surface area contributed by atoms with Crippen LogP contribution in [0.1, 0.15) is 6.42 Å². The van der Waals surface area contributed by atoms with E-state index in [9.17, 15) is 9.59 Å². The van der Waals surface area contributed by atoms with E-state index in [-0.39, 0.29) is 12.0 Å². The highest BCUT2D eigenvalue weighted by Crippen LogP contribution is 2.30. The number of aldehydes is 1. The molecule has 0 aromatic heterocycles. The van der Waals surface area contributed by atoms with Gasteiger partial charge in [0.15, 0.2) is 0 Å². The molecular weight excluding hydrogens is 220 g/mol. The summed E-state index contributed by atoms with van der Waals surface area (Å²) in [7, 11) is 0. The van der Waals surface area contributed by atoms with Gasteiger partial charge in [-0.1, -0.05) is 24.3 Å². The Kier molecular flexibility index (Phi) is 3.39. The van der Waals surface area contributed by atoms with Gasteiger partial charge in [0.25, 0.3) is 0 Å². The number of hydrogen-bond donors (Lipinski definition) is 2. The normalized spacial score (nSPS) is 26.8. The number of carbonyl (C=O) groups is 2. The van der Waals surface area contributed by atoms with Crippen LogP contribution >= 0.6 is 0 Å². The lowest BCUT2D eigenvalue weighted by Gasteiger charge is -2.19. The molecule has 0 saturated heterocycles. The summed E-state index contributed by atoms with van der Waals surface area (Å²) >= 11 is 0. The Bertz CT molecular complexity index is 412. The van der Waals surface area contributed by atoms with Gasteiger partial charge < -0.3 is 14.9 Å². The lowest BCUT2D eigenvalue weighted by Crippen LogP contribution is -2.27. The average molecular weight is 234 g/mol. The molecule has 0 amide bonds. The molecule has 1 heterocycles. The molecule has 0 fully saturated rings. The molecule has 1 aliphatic carbocycles. The van der Waals surface area contributed by atoms with E-state index < -0.39 is 11.9 Å². The highest BCUT2D eigenvalue weighted by Gasteiger charge is 2.30. The van der Waals surface area contributed by atoms with E-state index in [2.05, 4.69) is 10.2 Å². The van der Waals surface area contributed by atoms with Gasteiger partial charge in [0, 0.05) is 5.92 Å². The van der Waals surface area contributed by atoms with Gasteiger partial charge in [-0.15, -0.1) is 0 Å². The Labute approximate surface area is 99.0 Å². The predicted molar refractivity (Wildman–Crippen MR) is 61.2 cm³/mol. The van der Waals surface area contributed by atoms with Crippen LogP contribution in [0.5, 0.6) is 0 Å². The van der Waals surface area contributed by atoms with Crippen molar-refractivity contribution in [2.75, 3.05) is 0 Å². The molecule has 2 aliphatic rings. The third-order valence-electron chi connectivity index (χ3n) is 3.06. The molecule has 3 N–H and O–H groups in total.